The summed E-state index contributed by atoms with van der Waals surface area (Å²) in [5, 5.41) is 12.0. The van der Waals surface area contributed by atoms with Crippen molar-refractivity contribution in [3.63, 3.8) is 0 Å². The molecule has 5 heteroatoms. The van der Waals surface area contributed by atoms with Crippen LogP contribution in [0.3, 0.4) is 0 Å². The Kier molecular flexibility index (Phi) is 3.36. The fraction of sp³-hybridized carbons (Fsp3) is 0.364. The highest BCUT2D eigenvalue weighted by molar-refractivity contribution is 7.99. The Morgan fingerprint density at radius 2 is 2.31 bits per heavy atom. The second kappa shape index (κ2) is 4.76. The molecule has 1 aromatic carbocycles. The number of hydrogen-bond donors (Lipinski definition) is 2. The van der Waals surface area contributed by atoms with E-state index < -0.39 is 12.0 Å². The van der Waals surface area contributed by atoms with Gasteiger partial charge in [-0.15, -0.1) is 11.8 Å². The quantitative estimate of drug-likeness (QED) is 0.836. The first-order chi connectivity index (χ1) is 7.72. The van der Waals surface area contributed by atoms with E-state index in [0.717, 1.165) is 11.3 Å². The minimum absolute atomic E-state index is 0.00255. The maximum atomic E-state index is 10.8. The lowest BCUT2D eigenvalue weighted by Gasteiger charge is -2.14. The number of carboxylic acid groups (broad SMARTS) is 1. The molecule has 1 saturated heterocycles. The van der Waals surface area contributed by atoms with E-state index in [1.807, 2.05) is 24.3 Å². The smallest absolute Gasteiger partial charge is 0.321 e. The molecule has 0 radical (unpaired) electrons. The molecule has 1 aliphatic heterocycles. The van der Waals surface area contributed by atoms with Crippen LogP contribution in [0.2, 0.25) is 0 Å². The van der Waals surface area contributed by atoms with Crippen molar-refractivity contribution in [2.24, 2.45) is 0 Å². The number of aliphatic carboxylic acids is 1. The van der Waals surface area contributed by atoms with Crippen LogP contribution in [0.5, 0.6) is 5.75 Å². The summed E-state index contributed by atoms with van der Waals surface area (Å²) in [4.78, 5) is 10.8. The van der Waals surface area contributed by atoms with Gasteiger partial charge in [0.25, 0.3) is 0 Å². The zero-order valence-electron chi connectivity index (χ0n) is 8.84. The van der Waals surface area contributed by atoms with Gasteiger partial charge in [-0.2, -0.15) is 0 Å². The molecule has 16 heavy (non-hydrogen) atoms. The summed E-state index contributed by atoms with van der Waals surface area (Å²) >= 11 is 1.59. The highest BCUT2D eigenvalue weighted by Crippen LogP contribution is 2.37. The zero-order valence-corrected chi connectivity index (χ0v) is 9.66. The normalized spacial score (nSPS) is 24.3. The molecule has 0 bridgehead atoms. The summed E-state index contributed by atoms with van der Waals surface area (Å²) in [6.07, 6.45) is 0. The van der Waals surface area contributed by atoms with Crippen LogP contribution in [0.25, 0.3) is 0 Å². The lowest BCUT2D eigenvalue weighted by molar-refractivity contribution is -0.138. The predicted molar refractivity (Wildman–Crippen MR) is 62.8 cm³/mol. The Morgan fingerprint density at radius 1 is 1.56 bits per heavy atom. The molecule has 2 atom stereocenters. The SMILES string of the molecule is COc1ccccc1[C@H]1NC(C(=O)O)CS1. The molecular weight excluding hydrogens is 226 g/mol. The highest BCUT2D eigenvalue weighted by Gasteiger charge is 2.31. The van der Waals surface area contributed by atoms with E-state index in [9.17, 15) is 4.79 Å². The topological polar surface area (TPSA) is 58.6 Å². The van der Waals surface area contributed by atoms with Crippen molar-refractivity contribution < 1.29 is 14.6 Å². The highest BCUT2D eigenvalue weighted by atomic mass is 32.2. The monoisotopic (exact) mass is 239 g/mol. The van der Waals surface area contributed by atoms with Crippen molar-refractivity contribution in [3.05, 3.63) is 29.8 Å². The van der Waals surface area contributed by atoms with Gasteiger partial charge in [-0.3, -0.25) is 10.1 Å². The number of carboxylic acids is 1. The van der Waals surface area contributed by atoms with Crippen molar-refractivity contribution in [3.8, 4) is 5.75 Å². The van der Waals surface area contributed by atoms with Gasteiger partial charge in [0, 0.05) is 11.3 Å². The van der Waals surface area contributed by atoms with E-state index in [-0.39, 0.29) is 5.37 Å². The Balaban J connectivity index is 2.17. The van der Waals surface area contributed by atoms with Gasteiger partial charge < -0.3 is 9.84 Å². The van der Waals surface area contributed by atoms with Crippen molar-refractivity contribution in [1.29, 1.82) is 0 Å². The number of ether oxygens (including phenoxy) is 1. The summed E-state index contributed by atoms with van der Waals surface area (Å²) in [5.74, 6) is 0.571. The number of rotatable bonds is 3. The number of methoxy groups -OCH3 is 1. The third kappa shape index (κ3) is 2.15. The Hall–Kier alpha value is -1.20. The standard InChI is InChI=1S/C11H13NO3S/c1-15-9-5-3-2-4-7(9)10-12-8(6-16-10)11(13)14/h2-5,8,10,12H,6H2,1H3,(H,13,14)/t8?,10-/m0/s1. The molecule has 2 N–H and O–H groups in total. The van der Waals surface area contributed by atoms with Crippen molar-refractivity contribution in [2.75, 3.05) is 12.9 Å². The van der Waals surface area contributed by atoms with Crippen LogP contribution in [-0.2, 0) is 4.79 Å². The molecular formula is C11H13NO3S. The molecule has 0 aromatic heterocycles. The second-order valence-electron chi connectivity index (χ2n) is 3.51. The molecule has 4 nitrogen and oxygen atoms in total. The molecule has 2 rings (SSSR count). The third-order valence-electron chi connectivity index (χ3n) is 2.50. The Labute approximate surface area is 98.0 Å². The van der Waals surface area contributed by atoms with Crippen LogP contribution >= 0.6 is 11.8 Å². The van der Waals surface area contributed by atoms with E-state index in [4.69, 9.17) is 9.84 Å². The predicted octanol–water partition coefficient (Wildman–Crippen LogP) is 1.48. The third-order valence-corrected chi connectivity index (χ3v) is 3.75. The van der Waals surface area contributed by atoms with Gasteiger partial charge in [0.1, 0.15) is 11.8 Å². The van der Waals surface area contributed by atoms with Crippen molar-refractivity contribution >= 4 is 17.7 Å². The molecule has 1 heterocycles. The largest absolute Gasteiger partial charge is 0.496 e. The molecule has 0 spiro atoms. The van der Waals surface area contributed by atoms with Crippen LogP contribution in [-0.4, -0.2) is 30.0 Å². The average Bonchev–Trinajstić information content (AvgIpc) is 2.78. The van der Waals surface area contributed by atoms with Gasteiger partial charge in [0.05, 0.1) is 12.5 Å². The van der Waals surface area contributed by atoms with Gasteiger partial charge in [-0.25, -0.2) is 0 Å². The summed E-state index contributed by atoms with van der Waals surface area (Å²) in [6, 6.07) is 7.18. The van der Waals surface area contributed by atoms with Crippen LogP contribution < -0.4 is 10.1 Å². The number of carbonyl (C=O) groups is 1. The number of nitrogens with one attached hydrogen (secondary N) is 1. The molecule has 1 unspecified atom stereocenters. The number of hydrogen-bond acceptors (Lipinski definition) is 4. The van der Waals surface area contributed by atoms with E-state index in [2.05, 4.69) is 5.32 Å². The number of benzene rings is 1. The van der Waals surface area contributed by atoms with Crippen molar-refractivity contribution in [1.82, 2.24) is 5.32 Å². The molecule has 1 fully saturated rings. The van der Waals surface area contributed by atoms with E-state index in [0.29, 0.717) is 5.75 Å². The molecule has 0 aliphatic carbocycles. The fourth-order valence-electron chi connectivity index (χ4n) is 1.68. The maximum Gasteiger partial charge on any atom is 0.321 e. The lowest BCUT2D eigenvalue weighted by Crippen LogP contribution is -2.33. The van der Waals surface area contributed by atoms with E-state index in [1.165, 1.54) is 0 Å². The van der Waals surface area contributed by atoms with Crippen LogP contribution in [0.1, 0.15) is 10.9 Å². The molecule has 0 saturated carbocycles. The van der Waals surface area contributed by atoms with Crippen LogP contribution in [0, 0.1) is 0 Å². The molecule has 0 amide bonds. The van der Waals surface area contributed by atoms with E-state index in [1.54, 1.807) is 18.9 Å². The zero-order chi connectivity index (χ0) is 11.5. The molecule has 1 aromatic rings. The minimum atomic E-state index is -0.801. The molecule has 1 aliphatic rings. The van der Waals surface area contributed by atoms with Gasteiger partial charge in [0.15, 0.2) is 0 Å². The van der Waals surface area contributed by atoms with Crippen molar-refractivity contribution in [2.45, 2.75) is 11.4 Å². The van der Waals surface area contributed by atoms with Crippen LogP contribution in [0.4, 0.5) is 0 Å². The first kappa shape index (κ1) is 11.3. The lowest BCUT2D eigenvalue weighted by atomic mass is 10.2. The summed E-state index contributed by atoms with van der Waals surface area (Å²) in [7, 11) is 1.62. The maximum absolute atomic E-state index is 10.8. The number of para-hydroxylation sites is 1. The fourth-order valence-corrected chi connectivity index (χ4v) is 2.94. The minimum Gasteiger partial charge on any atom is -0.496 e. The number of thioether (sulfide) groups is 1. The molecule has 86 valence electrons. The summed E-state index contributed by atoms with van der Waals surface area (Å²) in [5.41, 5.74) is 0.999. The van der Waals surface area contributed by atoms with Gasteiger partial charge in [0.2, 0.25) is 0 Å². The Morgan fingerprint density at radius 3 is 2.94 bits per heavy atom. The van der Waals surface area contributed by atoms with Gasteiger partial charge >= 0.3 is 5.97 Å². The Bertz CT molecular complexity index is 397. The first-order valence-corrected chi connectivity index (χ1v) is 6.00. The summed E-state index contributed by atoms with van der Waals surface area (Å²) in [6.45, 7) is 0. The van der Waals surface area contributed by atoms with Gasteiger partial charge in [-0.1, -0.05) is 18.2 Å². The van der Waals surface area contributed by atoms with Gasteiger partial charge in [-0.05, 0) is 6.07 Å². The first-order valence-electron chi connectivity index (χ1n) is 4.95. The van der Waals surface area contributed by atoms with E-state index >= 15 is 0 Å². The average molecular weight is 239 g/mol. The summed E-state index contributed by atoms with van der Waals surface area (Å²) < 4.78 is 5.25. The second-order valence-corrected chi connectivity index (χ2v) is 4.65. The van der Waals surface area contributed by atoms with Crippen LogP contribution in [0.15, 0.2) is 24.3 Å².